The molecule has 0 bridgehead atoms. The van der Waals surface area contributed by atoms with Crippen LogP contribution in [0.15, 0.2) is 42.5 Å². The number of hydrogen-bond acceptors (Lipinski definition) is 5. The summed E-state index contributed by atoms with van der Waals surface area (Å²) in [5.74, 6) is 1.10. The fraction of sp³-hybridized carbons (Fsp3) is 0.440. The number of likely N-dealkylation sites (tertiary alicyclic amines) is 1. The highest BCUT2D eigenvalue weighted by molar-refractivity contribution is 5.86. The first-order valence-corrected chi connectivity index (χ1v) is 11.1. The van der Waals surface area contributed by atoms with Crippen LogP contribution in [-0.4, -0.2) is 49.8 Å². The Labute approximate surface area is 188 Å². The number of amides is 2. The molecule has 2 atom stereocenters. The number of hydrogen-bond donors (Lipinski definition) is 1. The molecule has 2 aromatic carbocycles. The molecule has 4 rings (SSSR count). The van der Waals surface area contributed by atoms with E-state index in [1.807, 2.05) is 49.4 Å². The van der Waals surface area contributed by atoms with Crippen molar-refractivity contribution in [3.8, 4) is 11.5 Å². The molecule has 2 heterocycles. The molecule has 1 unspecified atom stereocenters. The van der Waals surface area contributed by atoms with Crippen LogP contribution in [0.5, 0.6) is 11.5 Å². The smallest absolute Gasteiger partial charge is 0.239 e. The van der Waals surface area contributed by atoms with Gasteiger partial charge in [0.1, 0.15) is 0 Å². The maximum absolute atomic E-state index is 12.6. The van der Waals surface area contributed by atoms with Gasteiger partial charge in [-0.15, -0.1) is 0 Å². The Morgan fingerprint density at radius 2 is 2.06 bits per heavy atom. The Kier molecular flexibility index (Phi) is 6.95. The molecule has 2 aliphatic rings. The Bertz CT molecular complexity index is 971. The normalized spacial score (nSPS) is 20.4. The molecule has 0 radical (unpaired) electrons. The number of rotatable bonds is 8. The summed E-state index contributed by atoms with van der Waals surface area (Å²) in [5, 5.41) is 2.92. The van der Waals surface area contributed by atoms with Crippen LogP contribution in [0.4, 0.5) is 0 Å². The number of carbonyl (C=O) groups is 2. The van der Waals surface area contributed by atoms with Gasteiger partial charge in [0.15, 0.2) is 17.8 Å². The van der Waals surface area contributed by atoms with Gasteiger partial charge in [0, 0.05) is 31.8 Å². The maximum atomic E-state index is 12.6. The number of benzene rings is 2. The fourth-order valence-corrected chi connectivity index (χ4v) is 4.20. The molecule has 0 saturated carbocycles. The lowest BCUT2D eigenvalue weighted by molar-refractivity contribution is -0.133. The minimum Gasteiger partial charge on any atom is -0.493 e. The van der Waals surface area contributed by atoms with Gasteiger partial charge < -0.3 is 24.4 Å². The van der Waals surface area contributed by atoms with E-state index < -0.39 is 0 Å². The zero-order valence-corrected chi connectivity index (χ0v) is 18.6. The summed E-state index contributed by atoms with van der Waals surface area (Å²) in [5.41, 5.74) is 3.20. The summed E-state index contributed by atoms with van der Waals surface area (Å²) in [4.78, 5) is 26.7. The molecule has 170 valence electrons. The number of ether oxygens (including phenoxy) is 3. The van der Waals surface area contributed by atoms with Crippen LogP contribution >= 0.6 is 0 Å². The first kappa shape index (κ1) is 22.1. The van der Waals surface area contributed by atoms with Crippen LogP contribution in [0.2, 0.25) is 0 Å². The number of carbonyl (C=O) groups excluding carboxylic acids is 2. The van der Waals surface area contributed by atoms with Crippen LogP contribution in [0.3, 0.4) is 0 Å². The van der Waals surface area contributed by atoms with Crippen molar-refractivity contribution in [3.05, 3.63) is 59.2 Å². The summed E-state index contributed by atoms with van der Waals surface area (Å²) in [6, 6.07) is 13.7. The summed E-state index contributed by atoms with van der Waals surface area (Å²) in [7, 11) is 1.60. The second-order valence-corrected chi connectivity index (χ2v) is 8.35. The van der Waals surface area contributed by atoms with Crippen LogP contribution < -0.4 is 14.8 Å². The molecular formula is C25H30N2O5. The monoisotopic (exact) mass is 438 g/mol. The standard InChI is InChI=1S/C25H30N2O5/c1-17-6-3-4-7-19(17)14-26-23(28)16-27-15-20(13-24(27)29)18-9-10-21(30-2)22(12-18)32-25-8-5-11-31-25/h3-4,6-7,9-10,12,20,25H,5,8,11,13-16H2,1-2H3,(H,26,28)/t20-,25?/m1/s1. The number of aryl methyl sites for hydroxylation is 1. The SMILES string of the molecule is COc1ccc([C@@H]2CC(=O)N(CC(=O)NCc3ccccc3C)C2)cc1OC1CCCO1. The molecule has 2 saturated heterocycles. The average Bonchev–Trinajstić information content (AvgIpc) is 3.43. The molecule has 2 amide bonds. The summed E-state index contributed by atoms with van der Waals surface area (Å²) in [6.07, 6.45) is 1.93. The van der Waals surface area contributed by atoms with Gasteiger partial charge in [0.2, 0.25) is 11.8 Å². The van der Waals surface area contributed by atoms with Crippen LogP contribution in [0.25, 0.3) is 0 Å². The van der Waals surface area contributed by atoms with Crippen molar-refractivity contribution in [1.82, 2.24) is 10.2 Å². The second-order valence-electron chi connectivity index (χ2n) is 8.35. The molecule has 1 N–H and O–H groups in total. The van der Waals surface area contributed by atoms with Crippen LogP contribution in [0, 0.1) is 6.92 Å². The molecule has 0 spiro atoms. The molecule has 2 aliphatic heterocycles. The van der Waals surface area contributed by atoms with Gasteiger partial charge in [-0.3, -0.25) is 9.59 Å². The highest BCUT2D eigenvalue weighted by atomic mass is 16.7. The minimum absolute atomic E-state index is 0.00409. The van der Waals surface area contributed by atoms with Crippen molar-refractivity contribution in [2.45, 2.75) is 44.9 Å². The molecule has 2 fully saturated rings. The van der Waals surface area contributed by atoms with Crippen molar-refractivity contribution in [2.24, 2.45) is 0 Å². The summed E-state index contributed by atoms with van der Waals surface area (Å²) < 4.78 is 17.0. The summed E-state index contributed by atoms with van der Waals surface area (Å²) in [6.45, 7) is 3.74. The second kappa shape index (κ2) is 10.0. The predicted molar refractivity (Wildman–Crippen MR) is 120 cm³/mol. The van der Waals surface area contributed by atoms with Gasteiger partial charge >= 0.3 is 0 Å². The summed E-state index contributed by atoms with van der Waals surface area (Å²) >= 11 is 0. The molecule has 0 aliphatic carbocycles. The Morgan fingerprint density at radius 1 is 1.22 bits per heavy atom. The van der Waals surface area contributed by atoms with E-state index in [2.05, 4.69) is 5.32 Å². The number of nitrogens with zero attached hydrogens (tertiary/aromatic N) is 1. The molecule has 7 heteroatoms. The Morgan fingerprint density at radius 3 is 2.81 bits per heavy atom. The van der Waals surface area contributed by atoms with Crippen LogP contribution in [-0.2, 0) is 20.9 Å². The zero-order valence-electron chi connectivity index (χ0n) is 18.6. The van der Waals surface area contributed by atoms with Gasteiger partial charge in [-0.25, -0.2) is 0 Å². The van der Waals surface area contributed by atoms with Gasteiger partial charge in [-0.1, -0.05) is 30.3 Å². The van der Waals surface area contributed by atoms with E-state index in [9.17, 15) is 9.59 Å². The van der Waals surface area contributed by atoms with Crippen molar-refractivity contribution in [1.29, 1.82) is 0 Å². The zero-order chi connectivity index (χ0) is 22.5. The third-order valence-electron chi connectivity index (χ3n) is 6.09. The van der Waals surface area contributed by atoms with Gasteiger partial charge in [-0.2, -0.15) is 0 Å². The molecule has 2 aromatic rings. The van der Waals surface area contributed by atoms with E-state index in [1.165, 1.54) is 0 Å². The first-order valence-electron chi connectivity index (χ1n) is 11.1. The average molecular weight is 439 g/mol. The lowest BCUT2D eigenvalue weighted by Gasteiger charge is -2.19. The Hall–Kier alpha value is -3.06. The van der Waals surface area contributed by atoms with Crippen LogP contribution in [0.1, 0.15) is 41.9 Å². The molecule has 0 aromatic heterocycles. The molecule has 7 nitrogen and oxygen atoms in total. The quantitative estimate of drug-likeness (QED) is 0.685. The lowest BCUT2D eigenvalue weighted by Crippen LogP contribution is -2.37. The van der Waals surface area contributed by atoms with E-state index in [-0.39, 0.29) is 30.6 Å². The number of nitrogens with one attached hydrogen (secondary N) is 1. The lowest BCUT2D eigenvalue weighted by atomic mass is 9.98. The fourth-order valence-electron chi connectivity index (χ4n) is 4.20. The number of methoxy groups -OCH3 is 1. The predicted octanol–water partition coefficient (Wildman–Crippen LogP) is 3.15. The minimum atomic E-state index is -0.266. The van der Waals surface area contributed by atoms with E-state index in [0.29, 0.717) is 37.6 Å². The first-order chi connectivity index (χ1) is 15.5. The highest BCUT2D eigenvalue weighted by Crippen LogP contribution is 2.36. The largest absolute Gasteiger partial charge is 0.493 e. The Balaban J connectivity index is 1.36. The third-order valence-corrected chi connectivity index (χ3v) is 6.09. The maximum Gasteiger partial charge on any atom is 0.239 e. The molecule has 32 heavy (non-hydrogen) atoms. The van der Waals surface area contributed by atoms with Gasteiger partial charge in [0.25, 0.3) is 0 Å². The van der Waals surface area contributed by atoms with Gasteiger partial charge in [-0.05, 0) is 42.2 Å². The third kappa shape index (κ3) is 5.22. The van der Waals surface area contributed by atoms with E-state index in [1.54, 1.807) is 12.0 Å². The van der Waals surface area contributed by atoms with E-state index in [4.69, 9.17) is 14.2 Å². The van der Waals surface area contributed by atoms with E-state index >= 15 is 0 Å². The van der Waals surface area contributed by atoms with Crippen molar-refractivity contribution in [2.75, 3.05) is 26.8 Å². The highest BCUT2D eigenvalue weighted by Gasteiger charge is 2.32. The van der Waals surface area contributed by atoms with Crippen molar-refractivity contribution >= 4 is 11.8 Å². The topological polar surface area (TPSA) is 77.1 Å². The van der Waals surface area contributed by atoms with Crippen molar-refractivity contribution < 1.29 is 23.8 Å². The van der Waals surface area contributed by atoms with Gasteiger partial charge in [0.05, 0.1) is 20.3 Å². The van der Waals surface area contributed by atoms with Crippen molar-refractivity contribution in [3.63, 3.8) is 0 Å². The van der Waals surface area contributed by atoms with E-state index in [0.717, 1.165) is 29.5 Å². The molecular weight excluding hydrogens is 408 g/mol.